The number of aromatic hydroxyl groups is 2. The molecule has 5 aromatic rings. The molecular formula is C43H34N4O10S4. The summed E-state index contributed by atoms with van der Waals surface area (Å²) >= 11 is 2.57. The Labute approximate surface area is 356 Å². The van der Waals surface area contributed by atoms with Crippen LogP contribution in [0.3, 0.4) is 0 Å². The van der Waals surface area contributed by atoms with Crippen LogP contribution in [0.25, 0.3) is 63.1 Å². The van der Waals surface area contributed by atoms with Gasteiger partial charge in [-0.1, -0.05) is 30.3 Å². The van der Waals surface area contributed by atoms with Gasteiger partial charge in [0.25, 0.3) is 0 Å². The number of aromatic amines is 2. The number of aromatic nitrogens is 2. The highest BCUT2D eigenvalue weighted by molar-refractivity contribution is 7.86. The van der Waals surface area contributed by atoms with Crippen molar-refractivity contribution >= 4 is 96.3 Å². The largest absolute Gasteiger partial charge is 0.744 e. The molecule has 0 radical (unpaired) electrons. The van der Waals surface area contributed by atoms with E-state index in [0.29, 0.717) is 33.9 Å². The summed E-state index contributed by atoms with van der Waals surface area (Å²) in [5.41, 5.74) is 4.51. The van der Waals surface area contributed by atoms with Crippen molar-refractivity contribution < 1.29 is 46.1 Å². The van der Waals surface area contributed by atoms with Crippen molar-refractivity contribution in [1.82, 2.24) is 0 Å². The molecule has 310 valence electrons. The summed E-state index contributed by atoms with van der Waals surface area (Å²) in [6, 6.07) is 28.3. The first-order valence-corrected chi connectivity index (χ1v) is 22.9. The van der Waals surface area contributed by atoms with Gasteiger partial charge in [-0.25, -0.2) is 26.8 Å². The van der Waals surface area contributed by atoms with Crippen LogP contribution in [0.2, 0.25) is 0 Å². The Morgan fingerprint density at radius 2 is 1.10 bits per heavy atom. The van der Waals surface area contributed by atoms with Crippen molar-refractivity contribution in [3.05, 3.63) is 129 Å². The van der Waals surface area contributed by atoms with Gasteiger partial charge in [-0.3, -0.25) is 9.59 Å². The summed E-state index contributed by atoms with van der Waals surface area (Å²) in [5.74, 6) is -0.670. The normalized spacial score (nSPS) is 12.0. The van der Waals surface area contributed by atoms with Gasteiger partial charge >= 0.3 is 0 Å². The molecule has 0 bridgehead atoms. The molecule has 4 aliphatic rings. The van der Waals surface area contributed by atoms with E-state index in [1.54, 1.807) is 24.3 Å². The lowest BCUT2D eigenvalue weighted by Crippen LogP contribution is -2.22. The molecule has 61 heavy (non-hydrogen) atoms. The molecule has 0 amide bonds. The molecule has 0 fully saturated rings. The molecular weight excluding hydrogens is 861 g/mol. The maximum atomic E-state index is 12.7. The molecule has 2 heterocycles. The van der Waals surface area contributed by atoms with Gasteiger partial charge in [0.1, 0.15) is 39.4 Å². The minimum Gasteiger partial charge on any atom is -0.744 e. The Kier molecular flexibility index (Phi) is 10.6. The Hall–Kier alpha value is -6.28. The minimum absolute atomic E-state index is 0.139. The monoisotopic (exact) mass is 894 g/mol. The Morgan fingerprint density at radius 3 is 1.64 bits per heavy atom. The average molecular weight is 895 g/mol. The van der Waals surface area contributed by atoms with Crippen LogP contribution in [-0.2, 0) is 26.8 Å². The Balaban J connectivity index is 0.000000173. The van der Waals surface area contributed by atoms with Crippen molar-refractivity contribution in [3.63, 3.8) is 0 Å². The molecule has 0 aromatic heterocycles. The van der Waals surface area contributed by atoms with E-state index in [4.69, 9.17) is 0 Å². The fourth-order valence-corrected chi connectivity index (χ4v) is 10.2. The third kappa shape index (κ3) is 7.80. The van der Waals surface area contributed by atoms with Crippen LogP contribution in [0.4, 0.5) is 11.4 Å². The van der Waals surface area contributed by atoms with Gasteiger partial charge < -0.3 is 29.1 Å². The average Bonchev–Trinajstić information content (AvgIpc) is 3.24. The van der Waals surface area contributed by atoms with Crippen molar-refractivity contribution in [2.75, 3.05) is 30.4 Å². The predicted molar refractivity (Wildman–Crippen MR) is 234 cm³/mol. The molecule has 0 atom stereocenters. The van der Waals surface area contributed by atoms with Crippen molar-refractivity contribution in [2.45, 2.75) is 23.3 Å². The van der Waals surface area contributed by atoms with Crippen LogP contribution in [-0.4, -0.2) is 56.8 Å². The van der Waals surface area contributed by atoms with Gasteiger partial charge in [0.15, 0.2) is 11.5 Å². The highest BCUT2D eigenvalue weighted by Crippen LogP contribution is 2.40. The van der Waals surface area contributed by atoms with Crippen LogP contribution >= 0.6 is 22.7 Å². The zero-order chi connectivity index (χ0) is 43.5. The third-order valence-corrected chi connectivity index (χ3v) is 14.3. The van der Waals surface area contributed by atoms with Gasteiger partial charge in [-0.05, 0) is 73.2 Å². The SMILES string of the molecule is CCN(Cc1ccc(S(=O)(=O)[O-])cc1)c1ccc2[nH+]c3c4ccccc4c(=O)c(O)c-3sc2c1.CN(C)c1ccc2[nH+]c3c4cc(S(=O)(=O)[O-])ccc4c(=O)c(O)c-3sc2c1. The van der Waals surface area contributed by atoms with Gasteiger partial charge in [-0.2, -0.15) is 0 Å². The zero-order valence-corrected chi connectivity index (χ0v) is 35.7. The quantitative estimate of drug-likeness (QED) is 0.107. The molecule has 4 N–H and O–H groups in total. The van der Waals surface area contributed by atoms with Gasteiger partial charge in [0, 0.05) is 61.5 Å². The number of phenolic OH excluding ortho intramolecular Hbond substituents is 2. The molecule has 0 unspecified atom stereocenters. The molecule has 0 spiro atoms. The minimum atomic E-state index is -4.67. The number of phenols is 2. The summed E-state index contributed by atoms with van der Waals surface area (Å²) < 4.78 is 69.4. The van der Waals surface area contributed by atoms with E-state index >= 15 is 0 Å². The second kappa shape index (κ2) is 15.6. The highest BCUT2D eigenvalue weighted by Gasteiger charge is 2.27. The maximum absolute atomic E-state index is 12.7. The number of hydrogen-bond donors (Lipinski definition) is 2. The number of rotatable bonds is 7. The van der Waals surface area contributed by atoms with Crippen molar-refractivity contribution in [1.29, 1.82) is 0 Å². The van der Waals surface area contributed by atoms with Gasteiger partial charge in [-0.15, -0.1) is 22.7 Å². The molecule has 2 aliphatic carbocycles. The van der Waals surface area contributed by atoms with E-state index < -0.39 is 36.3 Å². The number of hydrogen-bond acceptors (Lipinski definition) is 14. The lowest BCUT2D eigenvalue weighted by Gasteiger charge is -2.23. The summed E-state index contributed by atoms with van der Waals surface area (Å²) in [4.78, 5) is 35.9. The lowest BCUT2D eigenvalue weighted by atomic mass is 10.0. The van der Waals surface area contributed by atoms with Crippen LogP contribution < -0.4 is 30.6 Å². The standard InChI is InChI=1S/C25H20N2O5S2.C18H14N2O5S2/c1-2-27(14-15-7-10-17(11-8-15)34(30,31)32)16-9-12-20-21(13-16)33-25-22(26-20)18-5-3-4-6-19(18)23(28)24(25)29;1-20(2)9-3-6-13-14(7-9)26-18-15(19-13)12-8-10(27(23,24)25)4-5-11(12)16(21)17(18)22/h3-13,29H,2,14H2,1H3,(H,30,31,32);3-8,22H,1-2H3,(H,23,24,25). The molecule has 0 saturated heterocycles. The fourth-order valence-electron chi connectivity index (χ4n) is 7.10. The van der Waals surface area contributed by atoms with E-state index in [-0.39, 0.29) is 26.8 Å². The Morgan fingerprint density at radius 1 is 0.607 bits per heavy atom. The first kappa shape index (κ1) is 41.5. The Bertz CT molecular complexity index is 3500. The molecule has 14 nitrogen and oxygen atoms in total. The molecule has 0 saturated carbocycles. The third-order valence-electron chi connectivity index (χ3n) is 10.3. The number of nitrogens with one attached hydrogen (secondary N) is 2. The number of anilines is 2. The number of nitrogens with zero attached hydrogens (tertiary/aromatic N) is 2. The number of H-pyrrole nitrogens is 2. The molecule has 9 rings (SSSR count). The molecule has 2 aliphatic heterocycles. The van der Waals surface area contributed by atoms with E-state index in [0.717, 1.165) is 54.5 Å². The highest BCUT2D eigenvalue weighted by atomic mass is 32.2. The van der Waals surface area contributed by atoms with E-state index in [1.165, 1.54) is 46.9 Å². The number of fused-ring (bicyclic) bond motifs is 8. The van der Waals surface area contributed by atoms with Crippen molar-refractivity contribution in [3.8, 4) is 32.6 Å². The summed E-state index contributed by atoms with van der Waals surface area (Å²) in [7, 11) is -5.34. The summed E-state index contributed by atoms with van der Waals surface area (Å²) in [6.07, 6.45) is 0. The molecule has 5 aromatic carbocycles. The summed E-state index contributed by atoms with van der Waals surface area (Å²) in [5, 5.41) is 22.7. The summed E-state index contributed by atoms with van der Waals surface area (Å²) in [6.45, 7) is 3.22. The zero-order valence-electron chi connectivity index (χ0n) is 32.4. The first-order chi connectivity index (χ1) is 28.9. The smallest absolute Gasteiger partial charge is 0.233 e. The molecule has 18 heteroatoms. The van der Waals surface area contributed by atoms with Crippen LogP contribution in [0.5, 0.6) is 11.5 Å². The first-order valence-electron chi connectivity index (χ1n) is 18.5. The fraction of sp³-hybridized carbons (Fsp3) is 0.116. The van der Waals surface area contributed by atoms with Crippen LogP contribution in [0, 0.1) is 0 Å². The number of benzene rings is 7. The van der Waals surface area contributed by atoms with Crippen LogP contribution in [0.1, 0.15) is 12.5 Å². The van der Waals surface area contributed by atoms with Crippen molar-refractivity contribution in [2.24, 2.45) is 0 Å². The van der Waals surface area contributed by atoms with E-state index in [9.17, 15) is 45.7 Å². The second-order valence-electron chi connectivity index (χ2n) is 14.3. The lowest BCUT2D eigenvalue weighted by molar-refractivity contribution is -0.329. The van der Waals surface area contributed by atoms with Crippen LogP contribution in [0.15, 0.2) is 123 Å². The topological polar surface area (TPSA) is 224 Å². The maximum Gasteiger partial charge on any atom is 0.233 e. The van der Waals surface area contributed by atoms with E-state index in [2.05, 4.69) is 14.9 Å². The van der Waals surface area contributed by atoms with E-state index in [1.807, 2.05) is 74.4 Å². The van der Waals surface area contributed by atoms with Gasteiger partial charge in [0.2, 0.25) is 33.3 Å². The second-order valence-corrected chi connectivity index (χ2v) is 19.2. The predicted octanol–water partition coefficient (Wildman–Crippen LogP) is 5.98. The van der Waals surface area contributed by atoms with Gasteiger partial charge in [0.05, 0.1) is 20.6 Å².